The number of aliphatic hydroxyl groups excluding tert-OH is 1. The van der Waals surface area contributed by atoms with Gasteiger partial charge >= 0.3 is 0 Å². The van der Waals surface area contributed by atoms with Crippen molar-refractivity contribution >= 4 is 11.8 Å². The number of nitrogens with zero attached hydrogens (tertiary/aromatic N) is 3. The van der Waals surface area contributed by atoms with Gasteiger partial charge in [0.05, 0.1) is 0 Å². The molecular formula is C11H21N3OS. The number of thioether (sulfide) groups is 1. The molecule has 0 saturated heterocycles. The molecule has 0 atom stereocenters. The van der Waals surface area contributed by atoms with Crippen LogP contribution in [0.3, 0.4) is 0 Å². The minimum absolute atomic E-state index is 0.0411. The van der Waals surface area contributed by atoms with Crippen molar-refractivity contribution < 1.29 is 5.11 Å². The van der Waals surface area contributed by atoms with Gasteiger partial charge in [-0.25, -0.2) is 0 Å². The maximum atomic E-state index is 8.97. The average Bonchev–Trinajstić information content (AvgIpc) is 2.65. The van der Waals surface area contributed by atoms with Gasteiger partial charge in [-0.3, -0.25) is 0 Å². The highest BCUT2D eigenvalue weighted by atomic mass is 32.2. The van der Waals surface area contributed by atoms with Gasteiger partial charge in [0.1, 0.15) is 6.61 Å². The van der Waals surface area contributed by atoms with E-state index in [-0.39, 0.29) is 6.61 Å². The first kappa shape index (κ1) is 13.5. The summed E-state index contributed by atoms with van der Waals surface area (Å²) in [6, 6.07) is 0. The normalized spacial score (nSPS) is 10.9. The maximum absolute atomic E-state index is 8.97. The quantitative estimate of drug-likeness (QED) is 0.562. The fourth-order valence-electron chi connectivity index (χ4n) is 1.48. The molecule has 5 heteroatoms. The summed E-state index contributed by atoms with van der Waals surface area (Å²) in [7, 11) is 1.89. The summed E-state index contributed by atoms with van der Waals surface area (Å²) in [5.74, 6) is 1.72. The Balaban J connectivity index is 2.19. The largest absolute Gasteiger partial charge is 0.388 e. The Hall–Kier alpha value is -0.550. The molecule has 16 heavy (non-hydrogen) atoms. The van der Waals surface area contributed by atoms with Crippen molar-refractivity contribution in [1.82, 2.24) is 14.8 Å². The summed E-state index contributed by atoms with van der Waals surface area (Å²) in [6.45, 7) is 2.19. The van der Waals surface area contributed by atoms with E-state index in [1.54, 1.807) is 11.8 Å². The third-order valence-electron chi connectivity index (χ3n) is 2.55. The lowest BCUT2D eigenvalue weighted by Gasteiger charge is -2.02. The van der Waals surface area contributed by atoms with Crippen LogP contribution in [0.15, 0.2) is 5.16 Å². The lowest BCUT2D eigenvalue weighted by atomic mass is 10.2. The molecule has 0 aliphatic carbocycles. The van der Waals surface area contributed by atoms with Gasteiger partial charge in [-0.2, -0.15) is 0 Å². The number of hydrogen-bond donors (Lipinski definition) is 1. The second kappa shape index (κ2) is 7.68. The first-order valence-electron chi connectivity index (χ1n) is 5.91. The predicted octanol–water partition coefficient (Wildman–Crippen LogP) is 2.37. The number of rotatable bonds is 8. The van der Waals surface area contributed by atoms with E-state index in [0.717, 1.165) is 10.9 Å². The molecule has 4 nitrogen and oxygen atoms in total. The van der Waals surface area contributed by atoms with E-state index in [2.05, 4.69) is 17.1 Å². The first-order valence-corrected chi connectivity index (χ1v) is 6.90. The van der Waals surface area contributed by atoms with E-state index in [4.69, 9.17) is 5.11 Å². The van der Waals surface area contributed by atoms with Crippen LogP contribution in [0.4, 0.5) is 0 Å². The highest BCUT2D eigenvalue weighted by Gasteiger charge is 2.07. The van der Waals surface area contributed by atoms with E-state index in [9.17, 15) is 0 Å². The predicted molar refractivity (Wildman–Crippen MR) is 66.4 cm³/mol. The van der Waals surface area contributed by atoms with Crippen molar-refractivity contribution in [3.8, 4) is 0 Å². The van der Waals surface area contributed by atoms with Crippen molar-refractivity contribution in [2.75, 3.05) is 5.75 Å². The monoisotopic (exact) mass is 243 g/mol. The SMILES string of the molecule is CCCCCCCSc1nnc(CO)n1C. The lowest BCUT2D eigenvalue weighted by molar-refractivity contribution is 0.266. The molecule has 0 saturated carbocycles. The summed E-state index contributed by atoms with van der Waals surface area (Å²) in [5.41, 5.74) is 0. The molecule has 0 aromatic carbocycles. The number of aliphatic hydroxyl groups is 1. The van der Waals surface area contributed by atoms with Crippen molar-refractivity contribution in [3.63, 3.8) is 0 Å². The molecule has 1 N–H and O–H groups in total. The zero-order chi connectivity index (χ0) is 11.8. The van der Waals surface area contributed by atoms with Gasteiger partial charge in [0.15, 0.2) is 11.0 Å². The zero-order valence-corrected chi connectivity index (χ0v) is 11.0. The van der Waals surface area contributed by atoms with Crippen LogP contribution in [0.5, 0.6) is 0 Å². The lowest BCUT2D eigenvalue weighted by Crippen LogP contribution is -1.98. The summed E-state index contributed by atoms with van der Waals surface area (Å²) in [5, 5.41) is 17.8. The van der Waals surface area contributed by atoms with E-state index < -0.39 is 0 Å². The van der Waals surface area contributed by atoms with Gasteiger partial charge in [0.2, 0.25) is 0 Å². The summed E-state index contributed by atoms with van der Waals surface area (Å²) in [6.07, 6.45) is 6.48. The zero-order valence-electron chi connectivity index (χ0n) is 10.1. The van der Waals surface area contributed by atoms with Crippen molar-refractivity contribution in [3.05, 3.63) is 5.82 Å². The fraction of sp³-hybridized carbons (Fsp3) is 0.818. The van der Waals surface area contributed by atoms with Gasteiger partial charge in [-0.05, 0) is 6.42 Å². The van der Waals surface area contributed by atoms with Gasteiger partial charge < -0.3 is 9.67 Å². The average molecular weight is 243 g/mol. The van der Waals surface area contributed by atoms with Crippen molar-refractivity contribution in [1.29, 1.82) is 0 Å². The third-order valence-corrected chi connectivity index (χ3v) is 3.65. The van der Waals surface area contributed by atoms with Crippen LogP contribution in [0.2, 0.25) is 0 Å². The highest BCUT2D eigenvalue weighted by Crippen LogP contribution is 2.17. The van der Waals surface area contributed by atoms with Crippen molar-refractivity contribution in [2.45, 2.75) is 50.8 Å². The topological polar surface area (TPSA) is 50.9 Å². The minimum Gasteiger partial charge on any atom is -0.388 e. The van der Waals surface area contributed by atoms with Crippen molar-refractivity contribution in [2.24, 2.45) is 7.05 Å². The summed E-state index contributed by atoms with van der Waals surface area (Å²) in [4.78, 5) is 0. The second-order valence-corrected chi connectivity index (χ2v) is 4.94. The highest BCUT2D eigenvalue weighted by molar-refractivity contribution is 7.99. The Labute approximate surface area is 101 Å². The molecule has 1 heterocycles. The fourth-order valence-corrected chi connectivity index (χ4v) is 2.41. The number of aromatic nitrogens is 3. The Bertz CT molecular complexity index is 301. The third kappa shape index (κ3) is 4.14. The molecule has 1 rings (SSSR count). The Kier molecular flexibility index (Phi) is 6.49. The number of hydrogen-bond acceptors (Lipinski definition) is 4. The molecule has 1 aromatic rings. The Morgan fingerprint density at radius 3 is 2.56 bits per heavy atom. The smallest absolute Gasteiger partial charge is 0.191 e. The van der Waals surface area contributed by atoms with Crippen LogP contribution in [-0.4, -0.2) is 25.6 Å². The van der Waals surface area contributed by atoms with E-state index in [1.807, 2.05) is 11.6 Å². The molecule has 0 aliphatic rings. The molecule has 0 fully saturated rings. The molecule has 0 unspecified atom stereocenters. The van der Waals surface area contributed by atoms with E-state index >= 15 is 0 Å². The van der Waals surface area contributed by atoms with Gasteiger partial charge in [0.25, 0.3) is 0 Å². The second-order valence-electron chi connectivity index (χ2n) is 3.88. The standard InChI is InChI=1S/C11H21N3OS/c1-3-4-5-6-7-8-16-11-13-12-10(9-15)14(11)2/h15H,3-9H2,1-2H3. The molecule has 0 spiro atoms. The molecule has 0 aliphatic heterocycles. The summed E-state index contributed by atoms with van der Waals surface area (Å²) < 4.78 is 1.86. The van der Waals surface area contributed by atoms with Gasteiger partial charge in [-0.15, -0.1) is 10.2 Å². The molecule has 1 aromatic heterocycles. The van der Waals surface area contributed by atoms with Crippen LogP contribution in [0, 0.1) is 0 Å². The van der Waals surface area contributed by atoms with E-state index in [0.29, 0.717) is 5.82 Å². The van der Waals surface area contributed by atoms with Crippen LogP contribution >= 0.6 is 11.8 Å². The first-order chi connectivity index (χ1) is 7.79. The molecular weight excluding hydrogens is 222 g/mol. The van der Waals surface area contributed by atoms with Gasteiger partial charge in [0, 0.05) is 12.8 Å². The molecule has 92 valence electrons. The minimum atomic E-state index is -0.0411. The van der Waals surface area contributed by atoms with E-state index in [1.165, 1.54) is 32.1 Å². The van der Waals surface area contributed by atoms with Crippen LogP contribution in [0.25, 0.3) is 0 Å². The van der Waals surface area contributed by atoms with Crippen LogP contribution < -0.4 is 0 Å². The number of unbranched alkanes of at least 4 members (excludes halogenated alkanes) is 4. The summed E-state index contributed by atoms with van der Waals surface area (Å²) >= 11 is 1.72. The molecule has 0 bridgehead atoms. The maximum Gasteiger partial charge on any atom is 0.191 e. The van der Waals surface area contributed by atoms with Crippen LogP contribution in [-0.2, 0) is 13.7 Å². The Morgan fingerprint density at radius 1 is 1.19 bits per heavy atom. The van der Waals surface area contributed by atoms with Gasteiger partial charge in [-0.1, -0.05) is 44.4 Å². The van der Waals surface area contributed by atoms with Crippen LogP contribution in [0.1, 0.15) is 44.9 Å². The Morgan fingerprint density at radius 2 is 1.94 bits per heavy atom. The molecule has 0 amide bonds. The molecule has 0 radical (unpaired) electrons.